The lowest BCUT2D eigenvalue weighted by atomic mass is 10.1. The summed E-state index contributed by atoms with van der Waals surface area (Å²) in [7, 11) is 0. The second-order valence-corrected chi connectivity index (χ2v) is 6.98. The van der Waals surface area contributed by atoms with E-state index >= 15 is 0 Å². The van der Waals surface area contributed by atoms with E-state index in [0.29, 0.717) is 19.5 Å². The normalized spacial score (nSPS) is 18.1. The van der Waals surface area contributed by atoms with Crippen molar-refractivity contribution in [3.63, 3.8) is 0 Å². The maximum atomic E-state index is 12.0. The van der Waals surface area contributed by atoms with Crippen LogP contribution in [0.5, 0.6) is 0 Å². The minimum Gasteiger partial charge on any atom is -0.341 e. The van der Waals surface area contributed by atoms with E-state index in [2.05, 4.69) is 17.1 Å². The molecule has 3 rings (SSSR count). The molecule has 0 radical (unpaired) electrons. The molecule has 0 aliphatic carbocycles. The second-order valence-electron chi connectivity index (χ2n) is 5.50. The Morgan fingerprint density at radius 1 is 1.36 bits per heavy atom. The van der Waals surface area contributed by atoms with Gasteiger partial charge in [-0.2, -0.15) is 0 Å². The van der Waals surface area contributed by atoms with Crippen molar-refractivity contribution in [1.29, 1.82) is 0 Å². The number of carbonyl (C=O) groups is 2. The molecular weight excluding hydrogens is 296 g/mol. The fourth-order valence-electron chi connectivity index (χ4n) is 2.89. The van der Waals surface area contributed by atoms with Crippen LogP contribution in [0.1, 0.15) is 19.0 Å². The predicted octanol–water partition coefficient (Wildman–Crippen LogP) is 2.66. The number of amides is 1. The molecule has 1 amide bonds. The number of pyridine rings is 1. The van der Waals surface area contributed by atoms with Gasteiger partial charge in [0.1, 0.15) is 0 Å². The van der Waals surface area contributed by atoms with Gasteiger partial charge in [-0.15, -0.1) is 0 Å². The van der Waals surface area contributed by atoms with Crippen molar-refractivity contribution in [2.75, 3.05) is 13.1 Å². The van der Waals surface area contributed by atoms with Crippen molar-refractivity contribution in [2.45, 2.75) is 25.0 Å². The minimum absolute atomic E-state index is 0.0790. The number of rotatable bonds is 4. The van der Waals surface area contributed by atoms with Crippen LogP contribution in [0.15, 0.2) is 36.5 Å². The Bertz CT molecular complexity index is 711. The van der Waals surface area contributed by atoms with E-state index in [-0.39, 0.29) is 16.3 Å². The van der Waals surface area contributed by atoms with E-state index in [4.69, 9.17) is 0 Å². The van der Waals surface area contributed by atoms with Crippen molar-refractivity contribution in [2.24, 2.45) is 0 Å². The lowest BCUT2D eigenvalue weighted by Crippen LogP contribution is -2.28. The lowest BCUT2D eigenvalue weighted by molar-refractivity contribution is -0.127. The van der Waals surface area contributed by atoms with Crippen LogP contribution < -0.4 is 0 Å². The summed E-state index contributed by atoms with van der Waals surface area (Å²) in [4.78, 5) is 29.5. The summed E-state index contributed by atoms with van der Waals surface area (Å²) in [6.07, 6.45) is 3.02. The third-order valence-corrected chi connectivity index (χ3v) is 4.87. The summed E-state index contributed by atoms with van der Waals surface area (Å²) < 4.78 is 0. The summed E-state index contributed by atoms with van der Waals surface area (Å²) in [5.74, 6) is 0.138. The first kappa shape index (κ1) is 15.0. The molecule has 4 nitrogen and oxygen atoms in total. The lowest BCUT2D eigenvalue weighted by Gasteiger charge is -2.16. The van der Waals surface area contributed by atoms with Gasteiger partial charge < -0.3 is 4.90 Å². The molecule has 2 heterocycles. The third-order valence-electron chi connectivity index (χ3n) is 3.89. The summed E-state index contributed by atoms with van der Waals surface area (Å²) >= 11 is 1.28. The summed E-state index contributed by atoms with van der Waals surface area (Å²) in [5.41, 5.74) is 1.02. The van der Waals surface area contributed by atoms with Gasteiger partial charge in [0.05, 0.1) is 0 Å². The predicted molar refractivity (Wildman–Crippen MR) is 88.7 cm³/mol. The molecule has 1 saturated heterocycles. The van der Waals surface area contributed by atoms with Gasteiger partial charge in [-0.3, -0.25) is 14.6 Å². The van der Waals surface area contributed by atoms with Gasteiger partial charge in [-0.1, -0.05) is 36.0 Å². The monoisotopic (exact) mass is 314 g/mol. The van der Waals surface area contributed by atoms with Gasteiger partial charge in [-0.05, 0) is 11.5 Å². The molecule has 22 heavy (non-hydrogen) atoms. The summed E-state index contributed by atoms with van der Waals surface area (Å²) in [6.45, 7) is 2.88. The highest BCUT2D eigenvalue weighted by molar-refractivity contribution is 8.14. The Balaban J connectivity index is 1.67. The molecule has 1 aliphatic heterocycles. The van der Waals surface area contributed by atoms with E-state index in [1.807, 2.05) is 29.3 Å². The Morgan fingerprint density at radius 3 is 3.00 bits per heavy atom. The molecule has 114 valence electrons. The molecule has 1 unspecified atom stereocenters. The van der Waals surface area contributed by atoms with Crippen molar-refractivity contribution in [3.05, 3.63) is 42.2 Å². The van der Waals surface area contributed by atoms with E-state index < -0.39 is 0 Å². The largest absolute Gasteiger partial charge is 0.341 e. The molecular formula is C17H18N2O2S. The Kier molecular flexibility index (Phi) is 4.43. The van der Waals surface area contributed by atoms with E-state index in [9.17, 15) is 9.59 Å². The van der Waals surface area contributed by atoms with Gasteiger partial charge in [0, 0.05) is 55.4 Å². The number of benzene rings is 1. The van der Waals surface area contributed by atoms with Crippen molar-refractivity contribution < 1.29 is 9.59 Å². The van der Waals surface area contributed by atoms with Crippen LogP contribution in [0.4, 0.5) is 0 Å². The quantitative estimate of drug-likeness (QED) is 0.870. The van der Waals surface area contributed by atoms with Gasteiger partial charge in [0.2, 0.25) is 5.91 Å². The highest BCUT2D eigenvalue weighted by Crippen LogP contribution is 2.24. The number of aromatic nitrogens is 1. The number of carbonyl (C=O) groups excluding carboxylic acids is 2. The zero-order valence-corrected chi connectivity index (χ0v) is 13.3. The van der Waals surface area contributed by atoms with Gasteiger partial charge in [0.15, 0.2) is 5.12 Å². The number of hydrogen-bond donors (Lipinski definition) is 0. The van der Waals surface area contributed by atoms with Crippen LogP contribution in [-0.4, -0.2) is 39.2 Å². The molecule has 0 N–H and O–H groups in total. The molecule has 1 aromatic carbocycles. The average molecular weight is 314 g/mol. The first-order valence-corrected chi connectivity index (χ1v) is 8.29. The number of hydrogen-bond acceptors (Lipinski definition) is 4. The van der Waals surface area contributed by atoms with Crippen molar-refractivity contribution in [1.82, 2.24) is 9.88 Å². The van der Waals surface area contributed by atoms with E-state index in [1.54, 1.807) is 6.92 Å². The highest BCUT2D eigenvalue weighted by Gasteiger charge is 2.30. The number of thioether (sulfide) groups is 1. The Hall–Kier alpha value is -1.88. The Morgan fingerprint density at radius 2 is 2.18 bits per heavy atom. The minimum atomic E-state index is 0.0790. The first-order valence-electron chi connectivity index (χ1n) is 7.41. The van der Waals surface area contributed by atoms with Gasteiger partial charge >= 0.3 is 0 Å². The fraction of sp³-hybridized carbons (Fsp3) is 0.353. The average Bonchev–Trinajstić information content (AvgIpc) is 2.84. The zero-order valence-electron chi connectivity index (χ0n) is 12.5. The van der Waals surface area contributed by atoms with Crippen LogP contribution in [0, 0.1) is 0 Å². The first-order chi connectivity index (χ1) is 10.6. The molecule has 1 atom stereocenters. The fourth-order valence-corrected chi connectivity index (χ4v) is 3.84. The molecule has 2 aromatic rings. The van der Waals surface area contributed by atoms with Crippen LogP contribution in [-0.2, 0) is 16.0 Å². The van der Waals surface area contributed by atoms with Crippen LogP contribution in [0.2, 0.25) is 0 Å². The van der Waals surface area contributed by atoms with Gasteiger partial charge in [0.25, 0.3) is 0 Å². The molecule has 0 spiro atoms. The standard InChI is InChI=1S/C17H18N2O2S/c1-12(20)22-14-10-17(21)19(11-14)9-7-16-15-5-3-2-4-13(15)6-8-18-16/h2-6,8,14H,7,9-11H2,1H3. The number of nitrogens with zero attached hydrogens (tertiary/aromatic N) is 2. The molecule has 1 fully saturated rings. The molecule has 5 heteroatoms. The summed E-state index contributed by atoms with van der Waals surface area (Å²) in [6, 6.07) is 10.2. The second kappa shape index (κ2) is 6.48. The van der Waals surface area contributed by atoms with Crippen molar-refractivity contribution >= 4 is 33.6 Å². The SMILES string of the molecule is CC(=O)SC1CC(=O)N(CCc2nccc3ccccc23)C1. The van der Waals surface area contributed by atoms with Crippen LogP contribution in [0.3, 0.4) is 0 Å². The summed E-state index contributed by atoms with van der Waals surface area (Å²) in [5, 5.41) is 2.50. The maximum Gasteiger partial charge on any atom is 0.223 e. The van der Waals surface area contributed by atoms with Gasteiger partial charge in [-0.25, -0.2) is 0 Å². The van der Waals surface area contributed by atoms with E-state index in [1.165, 1.54) is 17.1 Å². The van der Waals surface area contributed by atoms with Crippen LogP contribution in [0.25, 0.3) is 10.8 Å². The third kappa shape index (κ3) is 3.30. The molecule has 0 saturated carbocycles. The van der Waals surface area contributed by atoms with E-state index in [0.717, 1.165) is 17.5 Å². The smallest absolute Gasteiger partial charge is 0.223 e. The molecule has 0 bridgehead atoms. The number of likely N-dealkylation sites (tertiary alicyclic amines) is 1. The zero-order chi connectivity index (χ0) is 15.5. The molecule has 1 aliphatic rings. The van der Waals surface area contributed by atoms with Crippen LogP contribution >= 0.6 is 11.8 Å². The molecule has 1 aromatic heterocycles. The highest BCUT2D eigenvalue weighted by atomic mass is 32.2. The Labute approximate surface area is 133 Å². The maximum absolute atomic E-state index is 12.0. The number of fused-ring (bicyclic) bond motifs is 1. The topological polar surface area (TPSA) is 50.3 Å². The van der Waals surface area contributed by atoms with Crippen molar-refractivity contribution in [3.8, 4) is 0 Å².